The van der Waals surface area contributed by atoms with E-state index in [0.717, 1.165) is 41.5 Å². The van der Waals surface area contributed by atoms with Gasteiger partial charge in [0.15, 0.2) is 5.78 Å². The van der Waals surface area contributed by atoms with Crippen LogP contribution in [0.25, 0.3) is 23.1 Å². The van der Waals surface area contributed by atoms with Gasteiger partial charge in [-0.15, -0.1) is 0 Å². The second kappa shape index (κ2) is 9.07. The van der Waals surface area contributed by atoms with Crippen LogP contribution in [0.5, 0.6) is 11.5 Å². The average Bonchev–Trinajstić information content (AvgIpc) is 3.14. The number of unbranched alkanes of at least 4 members (excludes halogenated alkanes) is 2. The van der Waals surface area contributed by atoms with Gasteiger partial charge < -0.3 is 14.0 Å². The number of aromatic nitrogens is 1. The lowest BCUT2D eigenvalue weighted by atomic mass is 9.97. The van der Waals surface area contributed by atoms with Crippen molar-refractivity contribution < 1.29 is 14.3 Å². The highest BCUT2D eigenvalue weighted by Gasteiger charge is 2.28. The van der Waals surface area contributed by atoms with E-state index in [4.69, 9.17) is 9.47 Å². The van der Waals surface area contributed by atoms with Crippen molar-refractivity contribution in [1.29, 1.82) is 0 Å². The molecule has 0 spiro atoms. The predicted molar refractivity (Wildman–Crippen MR) is 131 cm³/mol. The number of benzene rings is 2. The maximum absolute atomic E-state index is 13.1. The van der Waals surface area contributed by atoms with Gasteiger partial charge in [0.2, 0.25) is 0 Å². The summed E-state index contributed by atoms with van der Waals surface area (Å²) in [6.07, 6.45) is 12.8. The average molecular weight is 430 g/mol. The summed E-state index contributed by atoms with van der Waals surface area (Å²) < 4.78 is 14.3. The fraction of sp³-hybridized carbons (Fsp3) is 0.321. The summed E-state index contributed by atoms with van der Waals surface area (Å²) in [5.41, 5.74) is 3.06. The first-order valence-corrected chi connectivity index (χ1v) is 11.3. The molecule has 2 aromatic carbocycles. The number of carbonyl (C=O) groups is 1. The summed E-state index contributed by atoms with van der Waals surface area (Å²) in [7, 11) is 2.03. The molecule has 0 saturated carbocycles. The number of fused-ring (bicyclic) bond motifs is 2. The van der Waals surface area contributed by atoms with E-state index < -0.39 is 5.60 Å². The van der Waals surface area contributed by atoms with Gasteiger partial charge in [0.1, 0.15) is 17.1 Å². The normalized spacial score (nSPS) is 14.5. The molecule has 0 bridgehead atoms. The highest BCUT2D eigenvalue weighted by molar-refractivity contribution is 6.09. The SMILES string of the molecule is CCCCCOc1ccc(C(=O)/C=C/c2ccc3c(ccn3C)c2)c2c1C=CC(C)(C)O2. The van der Waals surface area contributed by atoms with Crippen LogP contribution in [0.3, 0.4) is 0 Å². The topological polar surface area (TPSA) is 40.5 Å². The Bertz CT molecular complexity index is 1200. The van der Waals surface area contributed by atoms with Gasteiger partial charge in [-0.1, -0.05) is 31.9 Å². The van der Waals surface area contributed by atoms with E-state index in [1.165, 1.54) is 5.52 Å². The van der Waals surface area contributed by atoms with Gasteiger partial charge in [0.25, 0.3) is 0 Å². The molecule has 0 amide bonds. The number of ether oxygens (including phenoxy) is 2. The molecule has 0 aliphatic carbocycles. The van der Waals surface area contributed by atoms with Crippen molar-refractivity contribution in [2.24, 2.45) is 7.05 Å². The third-order valence-electron chi connectivity index (χ3n) is 5.78. The van der Waals surface area contributed by atoms with Crippen LogP contribution >= 0.6 is 0 Å². The van der Waals surface area contributed by atoms with E-state index in [9.17, 15) is 4.79 Å². The molecule has 2 heterocycles. The van der Waals surface area contributed by atoms with Gasteiger partial charge in [-0.3, -0.25) is 4.79 Å². The lowest BCUT2D eigenvalue weighted by Gasteiger charge is -2.30. The van der Waals surface area contributed by atoms with E-state index in [1.807, 2.05) is 63.5 Å². The Morgan fingerprint density at radius 1 is 1.16 bits per heavy atom. The molecule has 3 aromatic rings. The molecule has 1 aliphatic heterocycles. The van der Waals surface area contributed by atoms with Crippen molar-refractivity contribution >= 4 is 28.8 Å². The molecular formula is C28H31NO3. The maximum atomic E-state index is 13.1. The number of hydrogen-bond donors (Lipinski definition) is 0. The second-order valence-corrected chi connectivity index (χ2v) is 8.89. The Kier molecular flexibility index (Phi) is 6.22. The van der Waals surface area contributed by atoms with Crippen molar-refractivity contribution in [3.05, 3.63) is 71.4 Å². The minimum absolute atomic E-state index is 0.0851. The molecule has 4 rings (SSSR count). The number of rotatable bonds is 8. The largest absolute Gasteiger partial charge is 0.493 e. The molecule has 0 radical (unpaired) electrons. The highest BCUT2D eigenvalue weighted by atomic mass is 16.5. The van der Waals surface area contributed by atoms with E-state index in [1.54, 1.807) is 6.08 Å². The highest BCUT2D eigenvalue weighted by Crippen LogP contribution is 2.40. The van der Waals surface area contributed by atoms with Crippen molar-refractivity contribution in [2.45, 2.75) is 45.6 Å². The number of ketones is 1. The van der Waals surface area contributed by atoms with Gasteiger partial charge in [-0.25, -0.2) is 0 Å². The monoisotopic (exact) mass is 429 g/mol. The van der Waals surface area contributed by atoms with Crippen LogP contribution in [0, 0.1) is 0 Å². The molecule has 0 atom stereocenters. The zero-order valence-electron chi connectivity index (χ0n) is 19.4. The minimum Gasteiger partial charge on any atom is -0.493 e. The minimum atomic E-state index is -0.481. The number of hydrogen-bond acceptors (Lipinski definition) is 3. The van der Waals surface area contributed by atoms with Crippen molar-refractivity contribution in [3.63, 3.8) is 0 Å². The summed E-state index contributed by atoms with van der Waals surface area (Å²) in [6.45, 7) is 6.81. The van der Waals surface area contributed by atoms with Crippen LogP contribution in [-0.4, -0.2) is 22.6 Å². The molecule has 32 heavy (non-hydrogen) atoms. The number of allylic oxidation sites excluding steroid dienone is 1. The Morgan fingerprint density at radius 3 is 2.81 bits per heavy atom. The van der Waals surface area contributed by atoms with Crippen LogP contribution in [0.4, 0.5) is 0 Å². The second-order valence-electron chi connectivity index (χ2n) is 8.89. The van der Waals surface area contributed by atoms with Gasteiger partial charge in [0, 0.05) is 24.1 Å². The first-order valence-electron chi connectivity index (χ1n) is 11.3. The number of aryl methyl sites for hydroxylation is 1. The zero-order valence-corrected chi connectivity index (χ0v) is 19.4. The molecule has 0 fully saturated rings. The number of nitrogens with zero attached hydrogens (tertiary/aromatic N) is 1. The standard InChI is InChI=1S/C28H31NO3/c1-5-6-7-18-31-26-13-10-22(27-23(26)14-16-28(2,3)32-27)25(30)12-9-20-8-11-24-21(19-20)15-17-29(24)4/h8-17,19H,5-7,18H2,1-4H3/b12-9+. The Balaban J connectivity index is 1.61. The fourth-order valence-corrected chi connectivity index (χ4v) is 3.95. The van der Waals surface area contributed by atoms with Crippen LogP contribution < -0.4 is 9.47 Å². The molecule has 4 nitrogen and oxygen atoms in total. The summed E-state index contributed by atoms with van der Waals surface area (Å²) in [4.78, 5) is 13.1. The molecule has 4 heteroatoms. The predicted octanol–water partition coefficient (Wildman–Crippen LogP) is 6.83. The Labute approximate surface area is 190 Å². The summed E-state index contributed by atoms with van der Waals surface area (Å²) in [5.74, 6) is 1.27. The van der Waals surface area contributed by atoms with Crippen molar-refractivity contribution in [2.75, 3.05) is 6.61 Å². The van der Waals surface area contributed by atoms with Crippen LogP contribution in [0.1, 0.15) is 61.5 Å². The smallest absolute Gasteiger partial charge is 0.189 e. The van der Waals surface area contributed by atoms with E-state index in [-0.39, 0.29) is 5.78 Å². The van der Waals surface area contributed by atoms with Gasteiger partial charge in [-0.05, 0) is 74.4 Å². The van der Waals surface area contributed by atoms with Crippen molar-refractivity contribution in [1.82, 2.24) is 4.57 Å². The Hall–Kier alpha value is -3.27. The lowest BCUT2D eigenvalue weighted by molar-refractivity contribution is 0.103. The molecule has 1 aliphatic rings. The maximum Gasteiger partial charge on any atom is 0.189 e. The first-order chi connectivity index (χ1) is 15.4. The van der Waals surface area contributed by atoms with E-state index in [0.29, 0.717) is 17.9 Å². The molecule has 0 unspecified atom stereocenters. The van der Waals surface area contributed by atoms with Crippen molar-refractivity contribution in [3.8, 4) is 11.5 Å². The van der Waals surface area contributed by atoms with Crippen LogP contribution in [-0.2, 0) is 7.05 Å². The summed E-state index contributed by atoms with van der Waals surface area (Å²) in [5, 5.41) is 1.15. The first kappa shape index (κ1) is 21.9. The van der Waals surface area contributed by atoms with Gasteiger partial charge >= 0.3 is 0 Å². The quantitative estimate of drug-likeness (QED) is 0.224. The fourth-order valence-electron chi connectivity index (χ4n) is 3.95. The molecule has 0 saturated heterocycles. The third kappa shape index (κ3) is 4.64. The third-order valence-corrected chi connectivity index (χ3v) is 5.78. The summed E-state index contributed by atoms with van der Waals surface area (Å²) in [6, 6.07) is 12.0. The zero-order chi connectivity index (χ0) is 22.7. The summed E-state index contributed by atoms with van der Waals surface area (Å²) >= 11 is 0. The molecule has 1 aromatic heterocycles. The number of carbonyl (C=O) groups excluding carboxylic acids is 1. The van der Waals surface area contributed by atoms with E-state index >= 15 is 0 Å². The van der Waals surface area contributed by atoms with E-state index in [2.05, 4.69) is 29.7 Å². The van der Waals surface area contributed by atoms with Gasteiger partial charge in [0.05, 0.1) is 17.7 Å². The molecular weight excluding hydrogens is 398 g/mol. The van der Waals surface area contributed by atoms with Crippen LogP contribution in [0.15, 0.2) is 54.7 Å². The lowest BCUT2D eigenvalue weighted by Crippen LogP contribution is -2.28. The molecule has 166 valence electrons. The van der Waals surface area contributed by atoms with Crippen LogP contribution in [0.2, 0.25) is 0 Å². The Morgan fingerprint density at radius 2 is 2.00 bits per heavy atom. The molecule has 0 N–H and O–H groups in total. The van der Waals surface area contributed by atoms with Gasteiger partial charge in [-0.2, -0.15) is 0 Å².